The van der Waals surface area contributed by atoms with Gasteiger partial charge in [0.1, 0.15) is 17.6 Å². The minimum atomic E-state index is -4.51. The van der Waals surface area contributed by atoms with E-state index in [4.69, 9.17) is 4.74 Å². The van der Waals surface area contributed by atoms with Gasteiger partial charge in [-0.05, 0) is 18.2 Å². The van der Waals surface area contributed by atoms with Gasteiger partial charge in [-0.15, -0.1) is 0 Å². The summed E-state index contributed by atoms with van der Waals surface area (Å²) < 4.78 is 43.2. The number of alkyl halides is 3. The Morgan fingerprint density at radius 3 is 2.61 bits per heavy atom. The number of hydrogen-bond acceptors (Lipinski definition) is 5. The first-order valence-corrected chi connectivity index (χ1v) is 8.39. The minimum absolute atomic E-state index is 0.322. The van der Waals surface area contributed by atoms with E-state index < -0.39 is 24.1 Å². The molecule has 0 bridgehead atoms. The van der Waals surface area contributed by atoms with Gasteiger partial charge < -0.3 is 4.74 Å². The quantitative estimate of drug-likeness (QED) is 0.733. The zero-order chi connectivity index (χ0) is 19.7. The van der Waals surface area contributed by atoms with Crippen LogP contribution in [0.1, 0.15) is 23.8 Å². The van der Waals surface area contributed by atoms with Crippen molar-refractivity contribution >= 4 is 11.9 Å². The molecular formula is C18H14F3N5O2. The number of nitrogens with zero attached hydrogens (tertiary/aromatic N) is 4. The summed E-state index contributed by atoms with van der Waals surface area (Å²) in [4.78, 5) is 21.1. The van der Waals surface area contributed by atoms with Crippen LogP contribution in [-0.4, -0.2) is 32.8 Å². The number of ether oxygens (including phenoxy) is 1. The van der Waals surface area contributed by atoms with Crippen molar-refractivity contribution < 1.29 is 22.7 Å². The maximum atomic E-state index is 12.6. The summed E-state index contributed by atoms with van der Waals surface area (Å²) in [5, 5.41) is 6.99. The van der Waals surface area contributed by atoms with Gasteiger partial charge in [0.15, 0.2) is 0 Å². The average Bonchev–Trinajstić information content (AvgIpc) is 3.18. The molecule has 3 aromatic rings. The number of nitrogens with one attached hydrogen (secondary N) is 1. The number of anilines is 1. The molecular weight excluding hydrogens is 375 g/mol. The number of pyridine rings is 2. The fraction of sp³-hybridized carbons (Fsp3) is 0.222. The van der Waals surface area contributed by atoms with Crippen LogP contribution >= 0.6 is 0 Å². The van der Waals surface area contributed by atoms with Crippen LogP contribution in [0.5, 0.6) is 0 Å². The number of rotatable bonds is 3. The number of hydrogen-bond donors (Lipinski definition) is 1. The molecule has 144 valence electrons. The molecule has 1 amide bonds. The van der Waals surface area contributed by atoms with Crippen LogP contribution in [0, 0.1) is 0 Å². The third kappa shape index (κ3) is 3.53. The number of aromatic amines is 1. The molecule has 3 aromatic heterocycles. The summed E-state index contributed by atoms with van der Waals surface area (Å²) >= 11 is 0. The number of amides is 1. The van der Waals surface area contributed by atoms with Crippen molar-refractivity contribution in [2.45, 2.75) is 18.7 Å². The van der Waals surface area contributed by atoms with Crippen molar-refractivity contribution in [3.63, 3.8) is 0 Å². The molecule has 0 radical (unpaired) electrons. The molecule has 4 heterocycles. The van der Waals surface area contributed by atoms with E-state index in [2.05, 4.69) is 20.2 Å². The Kier molecular flexibility index (Phi) is 4.46. The highest BCUT2D eigenvalue weighted by Gasteiger charge is 2.34. The third-order valence-corrected chi connectivity index (χ3v) is 4.36. The Morgan fingerprint density at radius 1 is 1.18 bits per heavy atom. The van der Waals surface area contributed by atoms with Crippen molar-refractivity contribution in [2.75, 3.05) is 11.4 Å². The van der Waals surface area contributed by atoms with Crippen LogP contribution < -0.4 is 4.90 Å². The summed E-state index contributed by atoms with van der Waals surface area (Å²) in [5.74, 6) is 0.473. The first-order valence-electron chi connectivity index (χ1n) is 8.39. The zero-order valence-corrected chi connectivity index (χ0v) is 14.3. The molecule has 0 saturated carbocycles. The number of aromatic nitrogens is 4. The first-order chi connectivity index (χ1) is 13.4. The second kappa shape index (κ2) is 6.95. The van der Waals surface area contributed by atoms with Crippen LogP contribution in [0.3, 0.4) is 0 Å². The first kappa shape index (κ1) is 18.0. The van der Waals surface area contributed by atoms with E-state index in [1.807, 2.05) is 0 Å². The van der Waals surface area contributed by atoms with Gasteiger partial charge >= 0.3 is 12.3 Å². The minimum Gasteiger partial charge on any atom is -0.441 e. The van der Waals surface area contributed by atoms with Gasteiger partial charge in [-0.25, -0.2) is 4.79 Å². The second-order valence-electron chi connectivity index (χ2n) is 6.16. The molecule has 1 unspecified atom stereocenters. The zero-order valence-electron chi connectivity index (χ0n) is 14.3. The third-order valence-electron chi connectivity index (χ3n) is 4.36. The fourth-order valence-electron chi connectivity index (χ4n) is 2.92. The monoisotopic (exact) mass is 389 g/mol. The smallest absolute Gasteiger partial charge is 0.433 e. The average molecular weight is 389 g/mol. The van der Waals surface area contributed by atoms with Gasteiger partial charge in [-0.3, -0.25) is 20.0 Å². The maximum Gasteiger partial charge on any atom is 0.433 e. The van der Waals surface area contributed by atoms with E-state index in [1.54, 1.807) is 30.6 Å². The molecule has 1 atom stereocenters. The van der Waals surface area contributed by atoms with Crippen LogP contribution in [0.2, 0.25) is 0 Å². The summed E-state index contributed by atoms with van der Waals surface area (Å²) in [6.07, 6.45) is -0.993. The summed E-state index contributed by atoms with van der Waals surface area (Å²) in [6.45, 7) is 0.322. The summed E-state index contributed by atoms with van der Waals surface area (Å²) in [5.41, 5.74) is 0.931. The van der Waals surface area contributed by atoms with Crippen LogP contribution in [-0.2, 0) is 10.9 Å². The summed E-state index contributed by atoms with van der Waals surface area (Å²) in [6, 6.07) is 7.47. The molecule has 4 rings (SSSR count). The van der Waals surface area contributed by atoms with E-state index in [0.717, 1.165) is 17.8 Å². The lowest BCUT2D eigenvalue weighted by molar-refractivity contribution is -0.141. The van der Waals surface area contributed by atoms with Crippen molar-refractivity contribution in [1.29, 1.82) is 0 Å². The molecule has 1 N–H and O–H groups in total. The normalized spacial score (nSPS) is 17.5. The van der Waals surface area contributed by atoms with Crippen LogP contribution in [0.15, 0.2) is 48.9 Å². The predicted octanol–water partition coefficient (Wildman–Crippen LogP) is 3.97. The van der Waals surface area contributed by atoms with E-state index in [0.29, 0.717) is 30.0 Å². The molecule has 1 fully saturated rings. The molecule has 7 nitrogen and oxygen atoms in total. The molecule has 10 heteroatoms. The Morgan fingerprint density at radius 2 is 1.96 bits per heavy atom. The van der Waals surface area contributed by atoms with Gasteiger partial charge in [-0.1, -0.05) is 6.07 Å². The fourth-order valence-corrected chi connectivity index (χ4v) is 2.92. The lowest BCUT2D eigenvalue weighted by Gasteiger charge is -2.30. The molecule has 0 aromatic carbocycles. The Bertz CT molecular complexity index is 973. The van der Waals surface area contributed by atoms with Gasteiger partial charge in [0.05, 0.1) is 5.69 Å². The molecule has 0 aliphatic carbocycles. The number of H-pyrrole nitrogens is 1. The highest BCUT2D eigenvalue weighted by molar-refractivity contribution is 5.88. The largest absolute Gasteiger partial charge is 0.441 e. The van der Waals surface area contributed by atoms with Gasteiger partial charge in [0.25, 0.3) is 0 Å². The van der Waals surface area contributed by atoms with Crippen molar-refractivity contribution in [3.05, 3.63) is 60.2 Å². The topological polar surface area (TPSA) is 84.0 Å². The highest BCUT2D eigenvalue weighted by Crippen LogP contribution is 2.32. The second-order valence-corrected chi connectivity index (χ2v) is 6.16. The molecule has 1 aliphatic rings. The number of carbonyl (C=O) groups excluding carboxylic acids is 1. The Hall–Kier alpha value is -3.43. The van der Waals surface area contributed by atoms with Crippen molar-refractivity contribution in [3.8, 4) is 11.3 Å². The SMILES string of the molecule is O=C1OC(c2ccc(C(F)(F)F)nc2)CCN1c1cc(-c2ccncc2)n[nH]1. The van der Waals surface area contributed by atoms with E-state index in [1.165, 1.54) is 11.0 Å². The van der Waals surface area contributed by atoms with E-state index in [-0.39, 0.29) is 0 Å². The van der Waals surface area contributed by atoms with Gasteiger partial charge in [0.2, 0.25) is 0 Å². The van der Waals surface area contributed by atoms with Crippen molar-refractivity contribution in [1.82, 2.24) is 20.2 Å². The Balaban J connectivity index is 1.46. The predicted molar refractivity (Wildman–Crippen MR) is 92.2 cm³/mol. The number of cyclic esters (lactones) is 1. The van der Waals surface area contributed by atoms with Gasteiger partial charge in [-0.2, -0.15) is 18.3 Å². The number of carbonyl (C=O) groups is 1. The highest BCUT2D eigenvalue weighted by atomic mass is 19.4. The van der Waals surface area contributed by atoms with Crippen molar-refractivity contribution in [2.24, 2.45) is 0 Å². The molecule has 28 heavy (non-hydrogen) atoms. The van der Waals surface area contributed by atoms with E-state index in [9.17, 15) is 18.0 Å². The molecule has 1 saturated heterocycles. The summed E-state index contributed by atoms with van der Waals surface area (Å²) in [7, 11) is 0. The maximum absolute atomic E-state index is 12.6. The molecule has 1 aliphatic heterocycles. The lowest BCUT2D eigenvalue weighted by Crippen LogP contribution is -2.39. The Labute approximate surface area is 157 Å². The standard InChI is InChI=1S/C18H14F3N5O2/c19-18(20,21)15-2-1-12(10-23-15)14-5-8-26(17(27)28-14)16-9-13(24-25-16)11-3-6-22-7-4-11/h1-4,6-7,9-10,14H,5,8H2,(H,24,25). The van der Waals surface area contributed by atoms with Gasteiger partial charge in [0, 0.05) is 48.7 Å². The van der Waals surface area contributed by atoms with Crippen LogP contribution in [0.25, 0.3) is 11.3 Å². The lowest BCUT2D eigenvalue weighted by atomic mass is 10.1. The van der Waals surface area contributed by atoms with E-state index >= 15 is 0 Å². The molecule has 0 spiro atoms. The number of halogens is 3. The van der Waals surface area contributed by atoms with Crippen LogP contribution in [0.4, 0.5) is 23.8 Å².